The van der Waals surface area contributed by atoms with Crippen LogP contribution >= 0.6 is 0 Å². The quantitative estimate of drug-likeness (QED) is 0.0211. The molecule has 2 unspecified atom stereocenters. The van der Waals surface area contributed by atoms with Gasteiger partial charge in [-0.15, -0.1) is 0 Å². The first-order chi connectivity index (χ1) is 38.1. The van der Waals surface area contributed by atoms with Crippen LogP contribution in [0.1, 0.15) is 341 Å². The number of allylic oxidation sites excluding steroid dienone is 4. The number of carboxylic acids is 1. The van der Waals surface area contributed by atoms with Gasteiger partial charge in [0.25, 0.3) is 6.29 Å². The minimum atomic E-state index is -1.51. The summed E-state index contributed by atoms with van der Waals surface area (Å²) in [6.45, 7) is 4.94. The van der Waals surface area contributed by atoms with Gasteiger partial charge in [-0.1, -0.05) is 308 Å². The van der Waals surface area contributed by atoms with Gasteiger partial charge in [0, 0.05) is 12.8 Å². The van der Waals surface area contributed by atoms with Crippen molar-refractivity contribution in [2.45, 2.75) is 354 Å². The third-order valence-corrected chi connectivity index (χ3v) is 15.5. The summed E-state index contributed by atoms with van der Waals surface area (Å²) < 4.78 is 23.0. The smallest absolute Gasteiger partial charge is 0.361 e. The Bertz CT molecular complexity index is 1330. The molecule has 9 heteroatoms. The average Bonchev–Trinajstić information content (AvgIpc) is 3.41. The van der Waals surface area contributed by atoms with Crippen molar-refractivity contribution >= 4 is 17.9 Å². The molecular formula is C69H132NO8+. The van der Waals surface area contributed by atoms with E-state index in [4.69, 9.17) is 18.9 Å². The first-order valence-corrected chi connectivity index (χ1v) is 34.0. The van der Waals surface area contributed by atoms with Gasteiger partial charge < -0.3 is 28.5 Å². The number of hydrogen-bond donors (Lipinski definition) is 1. The molecule has 0 radical (unpaired) electrons. The normalized spacial score (nSPS) is 12.8. The highest BCUT2D eigenvalue weighted by Gasteiger charge is 2.25. The number of unbranched alkanes of at least 4 members (excludes halogenated alkanes) is 45. The number of carboxylic acid groups (broad SMARTS) is 1. The van der Waals surface area contributed by atoms with E-state index in [2.05, 4.69) is 38.2 Å². The zero-order chi connectivity index (χ0) is 56.9. The fourth-order valence-corrected chi connectivity index (χ4v) is 10.2. The van der Waals surface area contributed by atoms with Crippen LogP contribution in [0.2, 0.25) is 0 Å². The van der Waals surface area contributed by atoms with E-state index in [1.54, 1.807) is 0 Å². The minimum absolute atomic E-state index is 0.175. The molecule has 78 heavy (non-hydrogen) atoms. The van der Waals surface area contributed by atoms with Crippen LogP contribution in [-0.4, -0.2) is 87.4 Å². The van der Waals surface area contributed by atoms with Crippen molar-refractivity contribution in [1.82, 2.24) is 0 Å². The summed E-state index contributed by atoms with van der Waals surface area (Å²) >= 11 is 0. The third kappa shape index (κ3) is 61.4. The molecule has 0 aromatic carbocycles. The molecule has 9 nitrogen and oxygen atoms in total. The third-order valence-electron chi connectivity index (χ3n) is 15.5. The number of carbonyl (C=O) groups is 3. The summed E-state index contributed by atoms with van der Waals surface area (Å²) in [5, 5.41) is 9.74. The number of rotatable bonds is 64. The molecule has 0 aromatic heterocycles. The molecule has 1 N–H and O–H groups in total. The Labute approximate surface area is 484 Å². The van der Waals surface area contributed by atoms with Crippen LogP contribution in [0.15, 0.2) is 24.3 Å². The average molecular weight is 1100 g/mol. The van der Waals surface area contributed by atoms with Crippen molar-refractivity contribution in [1.29, 1.82) is 0 Å². The Hall–Kier alpha value is -2.23. The van der Waals surface area contributed by atoms with Gasteiger partial charge in [0.05, 0.1) is 34.4 Å². The molecule has 0 bridgehead atoms. The van der Waals surface area contributed by atoms with Crippen LogP contribution in [0.25, 0.3) is 0 Å². The van der Waals surface area contributed by atoms with E-state index in [0.717, 1.165) is 44.9 Å². The summed E-state index contributed by atoms with van der Waals surface area (Å²) in [5.41, 5.74) is 0. The highest BCUT2D eigenvalue weighted by molar-refractivity contribution is 5.71. The second-order valence-corrected chi connectivity index (χ2v) is 24.5. The maximum absolute atomic E-state index is 12.9. The highest BCUT2D eigenvalue weighted by atomic mass is 16.7. The van der Waals surface area contributed by atoms with E-state index < -0.39 is 18.4 Å². The van der Waals surface area contributed by atoms with Crippen molar-refractivity contribution in [2.75, 3.05) is 47.5 Å². The molecule has 0 saturated heterocycles. The molecule has 0 spiro atoms. The molecular weight excluding hydrogens is 971 g/mol. The Kier molecular flexibility index (Phi) is 59.1. The zero-order valence-corrected chi connectivity index (χ0v) is 52.6. The lowest BCUT2D eigenvalue weighted by atomic mass is 10.0. The van der Waals surface area contributed by atoms with Crippen LogP contribution in [0.3, 0.4) is 0 Å². The van der Waals surface area contributed by atoms with Gasteiger partial charge >= 0.3 is 17.9 Å². The topological polar surface area (TPSA) is 108 Å². The fraction of sp³-hybridized carbons (Fsp3) is 0.899. The number of carbonyl (C=O) groups excluding carboxylic acids is 2. The van der Waals surface area contributed by atoms with Gasteiger partial charge in [-0.3, -0.25) is 9.59 Å². The van der Waals surface area contributed by atoms with Crippen molar-refractivity contribution < 1.29 is 42.9 Å². The predicted molar refractivity (Wildman–Crippen MR) is 332 cm³/mol. The molecule has 0 aliphatic heterocycles. The van der Waals surface area contributed by atoms with E-state index in [-0.39, 0.29) is 38.2 Å². The maximum atomic E-state index is 12.9. The summed E-state index contributed by atoms with van der Waals surface area (Å²) in [6.07, 6.45) is 71.4. The second-order valence-electron chi connectivity index (χ2n) is 24.5. The van der Waals surface area contributed by atoms with Gasteiger partial charge in [0.1, 0.15) is 13.2 Å². The van der Waals surface area contributed by atoms with Crippen LogP contribution < -0.4 is 0 Å². The van der Waals surface area contributed by atoms with Crippen LogP contribution in [-0.2, 0) is 33.3 Å². The Morgan fingerprint density at radius 3 is 1.01 bits per heavy atom. The number of quaternary nitrogens is 1. The minimum Gasteiger partial charge on any atom is -0.477 e. The highest BCUT2D eigenvalue weighted by Crippen LogP contribution is 2.19. The summed E-state index contributed by atoms with van der Waals surface area (Å²) in [5.74, 6) is -1.97. The van der Waals surface area contributed by atoms with Gasteiger partial charge in [-0.25, -0.2) is 4.79 Å². The molecule has 2 atom stereocenters. The number of esters is 2. The number of nitrogens with zero attached hydrogens (tertiary/aromatic N) is 1. The molecule has 0 rings (SSSR count). The lowest BCUT2D eigenvalue weighted by molar-refractivity contribution is -0.870. The number of ether oxygens (including phenoxy) is 4. The van der Waals surface area contributed by atoms with Gasteiger partial charge in [0.2, 0.25) is 0 Å². The van der Waals surface area contributed by atoms with Crippen LogP contribution in [0.4, 0.5) is 0 Å². The van der Waals surface area contributed by atoms with Crippen molar-refractivity contribution in [3.05, 3.63) is 24.3 Å². The predicted octanol–water partition coefficient (Wildman–Crippen LogP) is 20.6. The van der Waals surface area contributed by atoms with Crippen molar-refractivity contribution in [3.8, 4) is 0 Å². The molecule has 0 saturated carbocycles. The van der Waals surface area contributed by atoms with Crippen LogP contribution in [0.5, 0.6) is 0 Å². The number of likely N-dealkylation sites (N-methyl/N-ethyl adjacent to an activating group) is 1. The van der Waals surface area contributed by atoms with E-state index in [0.29, 0.717) is 17.4 Å². The number of hydrogen-bond acceptors (Lipinski definition) is 7. The van der Waals surface area contributed by atoms with Gasteiger partial charge in [-0.2, -0.15) is 0 Å². The molecule has 460 valence electrons. The SMILES string of the molecule is CCCCCCC/C=C\C/C=C\CCCCCCCCCCCCCCCCCCCC(=O)OC(COC(=O)CCCCCCCCCCCCCCCCCCCCCCCCCC)COC(OCC[N+](C)(C)C)C(=O)O. The largest absolute Gasteiger partial charge is 0.477 e. The molecule has 0 aromatic rings. The molecule has 0 aliphatic rings. The molecule has 0 aliphatic carbocycles. The fourth-order valence-electron chi connectivity index (χ4n) is 10.2. The molecule has 0 amide bonds. The van der Waals surface area contributed by atoms with Crippen LogP contribution in [0, 0.1) is 0 Å². The Balaban J connectivity index is 4.09. The van der Waals surface area contributed by atoms with E-state index >= 15 is 0 Å². The van der Waals surface area contributed by atoms with Gasteiger partial charge in [-0.05, 0) is 44.9 Å². The zero-order valence-electron chi connectivity index (χ0n) is 52.6. The van der Waals surface area contributed by atoms with Crippen molar-refractivity contribution in [3.63, 3.8) is 0 Å². The first-order valence-electron chi connectivity index (χ1n) is 34.0. The van der Waals surface area contributed by atoms with E-state index in [1.165, 1.54) is 270 Å². The Morgan fingerprint density at radius 1 is 0.385 bits per heavy atom. The molecule has 0 heterocycles. The van der Waals surface area contributed by atoms with Crippen molar-refractivity contribution in [2.24, 2.45) is 0 Å². The lowest BCUT2D eigenvalue weighted by Gasteiger charge is -2.25. The lowest BCUT2D eigenvalue weighted by Crippen LogP contribution is -2.40. The standard InChI is InChI=1S/C69H131NO8/c1-6-8-10-12-14-16-18-20-22-24-26-28-30-32-33-34-35-36-38-40-42-44-46-48-50-52-54-56-58-60-67(72)78-65(64-77-69(68(73)74)75-62-61-70(3,4)5)63-76-66(71)59-57-55-53-51-49-47-45-43-41-39-37-31-29-27-25-23-21-19-17-15-13-11-9-7-2/h18,20,24,26,65,69H,6-17,19,21-23,25,27-64H2,1-5H3/p+1/b20-18-,26-24-. The second kappa shape index (κ2) is 60.9. The maximum Gasteiger partial charge on any atom is 0.361 e. The molecule has 0 fully saturated rings. The number of aliphatic carboxylic acids is 1. The summed E-state index contributed by atoms with van der Waals surface area (Å²) in [7, 11) is 5.99. The monoisotopic (exact) mass is 1100 g/mol. The summed E-state index contributed by atoms with van der Waals surface area (Å²) in [4.78, 5) is 37.6. The van der Waals surface area contributed by atoms with E-state index in [1.807, 2.05) is 21.1 Å². The van der Waals surface area contributed by atoms with E-state index in [9.17, 15) is 19.5 Å². The van der Waals surface area contributed by atoms with Gasteiger partial charge in [0.15, 0.2) is 6.10 Å². The Morgan fingerprint density at radius 2 is 0.692 bits per heavy atom. The first kappa shape index (κ1) is 75.8. The summed E-state index contributed by atoms with van der Waals surface area (Å²) in [6, 6.07) is 0.